The minimum absolute atomic E-state index is 0.0495. The summed E-state index contributed by atoms with van der Waals surface area (Å²) < 4.78 is 0. The van der Waals surface area contributed by atoms with Gasteiger partial charge < -0.3 is 10.4 Å². The fraction of sp³-hybridized carbons (Fsp3) is 0.857. The van der Waals surface area contributed by atoms with E-state index in [-0.39, 0.29) is 12.6 Å². The van der Waals surface area contributed by atoms with Gasteiger partial charge in [-0.25, -0.2) is 0 Å². The zero-order valence-electron chi connectivity index (χ0n) is 6.30. The van der Waals surface area contributed by atoms with Crippen LogP contribution in [0.1, 0.15) is 19.3 Å². The van der Waals surface area contributed by atoms with Crippen molar-refractivity contribution in [2.45, 2.75) is 25.3 Å². The largest absolute Gasteiger partial charge is 0.396 e. The van der Waals surface area contributed by atoms with Gasteiger partial charge in [0.25, 0.3) is 0 Å². The van der Waals surface area contributed by atoms with Gasteiger partial charge in [-0.1, -0.05) is 0 Å². The molecule has 0 saturated carbocycles. The highest BCUT2D eigenvalue weighted by molar-refractivity contribution is 4.87. The molecule has 2 N–H and O–H groups in total. The first-order valence-electron chi connectivity index (χ1n) is 3.53. The van der Waals surface area contributed by atoms with Gasteiger partial charge in [-0.15, -0.1) is 0 Å². The Labute approximate surface area is 61.7 Å². The molecular weight excluding hydrogens is 128 g/mol. The number of nitriles is 1. The van der Waals surface area contributed by atoms with E-state index in [1.54, 1.807) is 7.05 Å². The normalized spacial score (nSPS) is 12.5. The quantitative estimate of drug-likeness (QED) is 0.541. The van der Waals surface area contributed by atoms with Gasteiger partial charge in [0.2, 0.25) is 0 Å². The third-order valence-corrected chi connectivity index (χ3v) is 1.41. The molecule has 0 aromatic rings. The van der Waals surface area contributed by atoms with Crippen LogP contribution in [-0.2, 0) is 0 Å². The summed E-state index contributed by atoms with van der Waals surface area (Å²) in [7, 11) is 1.77. The van der Waals surface area contributed by atoms with Crippen molar-refractivity contribution in [1.82, 2.24) is 5.32 Å². The topological polar surface area (TPSA) is 56.0 Å². The van der Waals surface area contributed by atoms with Crippen LogP contribution in [0.15, 0.2) is 0 Å². The van der Waals surface area contributed by atoms with Gasteiger partial charge in [-0.05, 0) is 26.3 Å². The molecule has 10 heavy (non-hydrogen) atoms. The average Bonchev–Trinajstić information content (AvgIpc) is 1.99. The third kappa shape index (κ3) is 4.30. The molecule has 3 heteroatoms. The van der Waals surface area contributed by atoms with Crippen LogP contribution in [-0.4, -0.2) is 24.8 Å². The third-order valence-electron chi connectivity index (χ3n) is 1.41. The monoisotopic (exact) mass is 142 g/mol. The van der Waals surface area contributed by atoms with Crippen LogP contribution < -0.4 is 5.32 Å². The van der Waals surface area contributed by atoms with E-state index >= 15 is 0 Å². The maximum absolute atomic E-state index is 8.45. The molecule has 0 aromatic carbocycles. The van der Waals surface area contributed by atoms with Crippen LogP contribution in [0.5, 0.6) is 0 Å². The Bertz CT molecular complexity index is 109. The first kappa shape index (κ1) is 9.41. The minimum atomic E-state index is -0.0495. The second-order valence-corrected chi connectivity index (χ2v) is 2.19. The molecule has 3 nitrogen and oxygen atoms in total. The molecule has 0 heterocycles. The fourth-order valence-electron chi connectivity index (χ4n) is 0.734. The lowest BCUT2D eigenvalue weighted by atomic mass is 10.1. The summed E-state index contributed by atoms with van der Waals surface area (Å²) in [6.45, 7) is 0.224. The maximum Gasteiger partial charge on any atom is 0.0950 e. The van der Waals surface area contributed by atoms with E-state index in [1.165, 1.54) is 0 Å². The number of nitrogens with zero attached hydrogens (tertiary/aromatic N) is 1. The highest BCUT2D eigenvalue weighted by atomic mass is 16.2. The molecule has 0 aromatic heterocycles. The van der Waals surface area contributed by atoms with Crippen LogP contribution in [0, 0.1) is 11.3 Å². The summed E-state index contributed by atoms with van der Waals surface area (Å²) in [5, 5.41) is 19.7. The van der Waals surface area contributed by atoms with Crippen LogP contribution >= 0.6 is 0 Å². The summed E-state index contributed by atoms with van der Waals surface area (Å²) in [4.78, 5) is 0. The van der Waals surface area contributed by atoms with Crippen molar-refractivity contribution < 1.29 is 5.11 Å². The Morgan fingerprint density at radius 1 is 1.60 bits per heavy atom. The minimum Gasteiger partial charge on any atom is -0.396 e. The van der Waals surface area contributed by atoms with E-state index < -0.39 is 0 Å². The van der Waals surface area contributed by atoms with Crippen molar-refractivity contribution in [3.63, 3.8) is 0 Å². The number of hydrogen-bond donors (Lipinski definition) is 2. The van der Waals surface area contributed by atoms with Gasteiger partial charge in [0.1, 0.15) is 0 Å². The fourth-order valence-corrected chi connectivity index (χ4v) is 0.734. The zero-order valence-corrected chi connectivity index (χ0v) is 6.30. The standard InChI is InChI=1S/C7H14N2O/c1-9-7(6-8)4-2-3-5-10/h7,9-10H,2-5H2,1H3. The lowest BCUT2D eigenvalue weighted by molar-refractivity contribution is 0.281. The summed E-state index contributed by atoms with van der Waals surface area (Å²) in [6, 6.07) is 2.07. The predicted molar refractivity (Wildman–Crippen MR) is 39.4 cm³/mol. The van der Waals surface area contributed by atoms with E-state index in [4.69, 9.17) is 10.4 Å². The van der Waals surface area contributed by atoms with Crippen molar-refractivity contribution in [2.75, 3.05) is 13.7 Å². The smallest absolute Gasteiger partial charge is 0.0950 e. The Kier molecular flexibility index (Phi) is 6.14. The second kappa shape index (κ2) is 6.53. The highest BCUT2D eigenvalue weighted by Gasteiger charge is 2.01. The molecule has 0 bridgehead atoms. The van der Waals surface area contributed by atoms with E-state index in [0.717, 1.165) is 19.3 Å². The summed E-state index contributed by atoms with van der Waals surface area (Å²) in [6.07, 6.45) is 2.53. The van der Waals surface area contributed by atoms with Crippen LogP contribution in [0.25, 0.3) is 0 Å². The lowest BCUT2D eigenvalue weighted by Crippen LogP contribution is -2.22. The molecule has 0 fully saturated rings. The molecule has 0 aliphatic rings. The van der Waals surface area contributed by atoms with Crippen LogP contribution in [0.3, 0.4) is 0 Å². The number of rotatable bonds is 5. The van der Waals surface area contributed by atoms with Crippen LogP contribution in [0.2, 0.25) is 0 Å². The first-order chi connectivity index (χ1) is 4.85. The average molecular weight is 142 g/mol. The van der Waals surface area contributed by atoms with E-state index in [2.05, 4.69) is 11.4 Å². The molecule has 0 aliphatic carbocycles. The molecule has 1 atom stereocenters. The van der Waals surface area contributed by atoms with E-state index in [1.807, 2.05) is 0 Å². The number of aliphatic hydroxyl groups is 1. The molecule has 1 unspecified atom stereocenters. The summed E-state index contributed by atoms with van der Waals surface area (Å²) in [5.41, 5.74) is 0. The molecule has 0 spiro atoms. The van der Waals surface area contributed by atoms with Gasteiger partial charge in [0.05, 0.1) is 12.1 Å². The molecule has 0 saturated heterocycles. The summed E-state index contributed by atoms with van der Waals surface area (Å²) >= 11 is 0. The first-order valence-corrected chi connectivity index (χ1v) is 3.53. The number of aliphatic hydroxyl groups excluding tert-OH is 1. The Hall–Kier alpha value is -0.590. The van der Waals surface area contributed by atoms with Crippen LogP contribution in [0.4, 0.5) is 0 Å². The van der Waals surface area contributed by atoms with E-state index in [9.17, 15) is 0 Å². The number of hydrogen-bond acceptors (Lipinski definition) is 3. The van der Waals surface area contributed by atoms with Gasteiger partial charge >= 0.3 is 0 Å². The Morgan fingerprint density at radius 2 is 2.30 bits per heavy atom. The number of nitrogens with one attached hydrogen (secondary N) is 1. The SMILES string of the molecule is CNC(C#N)CCCCO. The van der Waals surface area contributed by atoms with Crippen molar-refractivity contribution in [3.8, 4) is 6.07 Å². The van der Waals surface area contributed by atoms with Gasteiger partial charge in [-0.2, -0.15) is 5.26 Å². The molecule has 0 rings (SSSR count). The summed E-state index contributed by atoms with van der Waals surface area (Å²) in [5.74, 6) is 0. The van der Waals surface area contributed by atoms with Gasteiger partial charge in [0, 0.05) is 6.61 Å². The lowest BCUT2D eigenvalue weighted by Gasteiger charge is -2.04. The Balaban J connectivity index is 3.20. The van der Waals surface area contributed by atoms with Crippen molar-refractivity contribution in [2.24, 2.45) is 0 Å². The zero-order chi connectivity index (χ0) is 7.82. The molecule has 58 valence electrons. The molecular formula is C7H14N2O. The Morgan fingerprint density at radius 3 is 2.70 bits per heavy atom. The second-order valence-electron chi connectivity index (χ2n) is 2.19. The van der Waals surface area contributed by atoms with E-state index in [0.29, 0.717) is 0 Å². The maximum atomic E-state index is 8.45. The van der Waals surface area contributed by atoms with Crippen molar-refractivity contribution in [1.29, 1.82) is 5.26 Å². The predicted octanol–water partition coefficient (Wildman–Crippen LogP) is 0.261. The van der Waals surface area contributed by atoms with Gasteiger partial charge in [0.15, 0.2) is 0 Å². The molecule has 0 aliphatic heterocycles. The highest BCUT2D eigenvalue weighted by Crippen LogP contribution is 1.98. The number of unbranched alkanes of at least 4 members (excludes halogenated alkanes) is 1. The van der Waals surface area contributed by atoms with Crippen molar-refractivity contribution in [3.05, 3.63) is 0 Å². The van der Waals surface area contributed by atoms with Crippen molar-refractivity contribution >= 4 is 0 Å². The molecule has 0 radical (unpaired) electrons. The molecule has 0 amide bonds. The van der Waals surface area contributed by atoms with Gasteiger partial charge in [-0.3, -0.25) is 0 Å².